The van der Waals surface area contributed by atoms with Crippen LogP contribution >= 0.6 is 11.6 Å². The second kappa shape index (κ2) is 6.87. The summed E-state index contributed by atoms with van der Waals surface area (Å²) in [4.78, 5) is 0. The monoisotopic (exact) mass is 203 g/mol. The number of benzene rings is 1. The lowest BCUT2D eigenvalue weighted by Gasteiger charge is -1.98. The molecule has 13 heavy (non-hydrogen) atoms. The van der Waals surface area contributed by atoms with Crippen LogP contribution in [-0.2, 0) is 6.42 Å². The van der Waals surface area contributed by atoms with Crippen LogP contribution in [-0.4, -0.2) is 6.54 Å². The van der Waals surface area contributed by atoms with Crippen molar-refractivity contribution in [2.24, 2.45) is 5.73 Å². The van der Waals surface area contributed by atoms with E-state index in [0.717, 1.165) is 5.56 Å². The largest absolute Gasteiger partial charge is 0.330 e. The van der Waals surface area contributed by atoms with Gasteiger partial charge in [0.15, 0.2) is 0 Å². The van der Waals surface area contributed by atoms with Crippen molar-refractivity contribution < 1.29 is 4.39 Å². The molecule has 1 nitrogen and oxygen atoms in total. The van der Waals surface area contributed by atoms with Gasteiger partial charge in [-0.2, -0.15) is 0 Å². The molecular weight excluding hydrogens is 189 g/mol. The molecule has 1 aromatic rings. The Morgan fingerprint density at radius 1 is 1.31 bits per heavy atom. The van der Waals surface area contributed by atoms with Crippen LogP contribution in [0, 0.1) is 5.82 Å². The maximum Gasteiger partial charge on any atom is 0.124 e. The van der Waals surface area contributed by atoms with Gasteiger partial charge in [0, 0.05) is 5.02 Å². The van der Waals surface area contributed by atoms with E-state index in [-0.39, 0.29) is 5.82 Å². The van der Waals surface area contributed by atoms with Crippen LogP contribution < -0.4 is 5.73 Å². The van der Waals surface area contributed by atoms with Crippen molar-refractivity contribution in [1.29, 1.82) is 0 Å². The summed E-state index contributed by atoms with van der Waals surface area (Å²) in [5.74, 6) is -0.305. The summed E-state index contributed by atoms with van der Waals surface area (Å²) >= 11 is 5.61. The van der Waals surface area contributed by atoms with E-state index in [9.17, 15) is 4.39 Å². The maximum absolute atomic E-state index is 12.6. The van der Waals surface area contributed by atoms with Gasteiger partial charge in [0.25, 0.3) is 0 Å². The standard InChI is InChI=1S/C8H9ClFN.C2H6/c9-7-3-6(1-2-11)4-8(10)5-7;1-2/h3-5H,1-2,11H2;1-2H3. The van der Waals surface area contributed by atoms with E-state index in [1.807, 2.05) is 13.8 Å². The molecule has 2 N–H and O–H groups in total. The second-order valence-corrected chi connectivity index (χ2v) is 2.75. The van der Waals surface area contributed by atoms with Gasteiger partial charge in [0.1, 0.15) is 5.82 Å². The Labute approximate surface area is 83.7 Å². The minimum Gasteiger partial charge on any atom is -0.330 e. The van der Waals surface area contributed by atoms with Gasteiger partial charge in [-0.15, -0.1) is 0 Å². The van der Waals surface area contributed by atoms with Crippen LogP contribution in [0.3, 0.4) is 0 Å². The van der Waals surface area contributed by atoms with Crippen molar-refractivity contribution in [2.45, 2.75) is 20.3 Å². The summed E-state index contributed by atoms with van der Waals surface area (Å²) in [6, 6.07) is 4.44. The van der Waals surface area contributed by atoms with E-state index in [0.29, 0.717) is 18.0 Å². The highest BCUT2D eigenvalue weighted by molar-refractivity contribution is 6.30. The third-order valence-corrected chi connectivity index (χ3v) is 1.57. The van der Waals surface area contributed by atoms with E-state index in [1.165, 1.54) is 12.1 Å². The van der Waals surface area contributed by atoms with Gasteiger partial charge in [-0.3, -0.25) is 0 Å². The average molecular weight is 204 g/mol. The first kappa shape index (κ1) is 12.4. The zero-order chi connectivity index (χ0) is 10.3. The molecule has 0 fully saturated rings. The predicted octanol–water partition coefficient (Wildman–Crippen LogP) is 3.01. The van der Waals surface area contributed by atoms with E-state index in [2.05, 4.69) is 0 Å². The molecule has 0 aliphatic rings. The fourth-order valence-electron chi connectivity index (χ4n) is 0.922. The minimum absolute atomic E-state index is 0.305. The summed E-state index contributed by atoms with van der Waals surface area (Å²) in [6.45, 7) is 4.51. The van der Waals surface area contributed by atoms with Crippen LogP contribution in [0.15, 0.2) is 18.2 Å². The molecule has 0 unspecified atom stereocenters. The number of hydrogen-bond donors (Lipinski definition) is 1. The Hall–Kier alpha value is -0.600. The Bertz CT molecular complexity index is 230. The second-order valence-electron chi connectivity index (χ2n) is 2.32. The molecular formula is C10H15ClFN. The van der Waals surface area contributed by atoms with Crippen molar-refractivity contribution in [3.63, 3.8) is 0 Å². The summed E-state index contributed by atoms with van der Waals surface area (Å²) in [6.07, 6.45) is 0.664. The minimum atomic E-state index is -0.305. The zero-order valence-corrected chi connectivity index (χ0v) is 8.74. The third kappa shape index (κ3) is 4.86. The van der Waals surface area contributed by atoms with E-state index in [4.69, 9.17) is 17.3 Å². The molecule has 0 amide bonds. The highest BCUT2D eigenvalue weighted by atomic mass is 35.5. The molecule has 0 aliphatic carbocycles. The van der Waals surface area contributed by atoms with Crippen LogP contribution in [0.4, 0.5) is 4.39 Å². The van der Waals surface area contributed by atoms with Crippen LogP contribution in [0.5, 0.6) is 0 Å². The van der Waals surface area contributed by atoms with Gasteiger partial charge in [0.05, 0.1) is 0 Å². The number of halogens is 2. The summed E-state index contributed by atoms with van der Waals surface area (Å²) in [5, 5.41) is 0.424. The van der Waals surface area contributed by atoms with Crippen LogP contribution in [0.2, 0.25) is 5.02 Å². The van der Waals surface area contributed by atoms with Gasteiger partial charge < -0.3 is 5.73 Å². The van der Waals surface area contributed by atoms with E-state index in [1.54, 1.807) is 6.07 Å². The zero-order valence-electron chi connectivity index (χ0n) is 7.98. The average Bonchev–Trinajstić information content (AvgIpc) is 2.06. The number of rotatable bonds is 2. The van der Waals surface area contributed by atoms with Gasteiger partial charge in [-0.25, -0.2) is 4.39 Å². The van der Waals surface area contributed by atoms with Crippen molar-refractivity contribution in [1.82, 2.24) is 0 Å². The molecule has 0 bridgehead atoms. The third-order valence-electron chi connectivity index (χ3n) is 1.36. The fraction of sp³-hybridized carbons (Fsp3) is 0.400. The molecule has 3 heteroatoms. The molecule has 0 aliphatic heterocycles. The number of nitrogens with two attached hydrogens (primary N) is 1. The first-order valence-electron chi connectivity index (χ1n) is 4.37. The van der Waals surface area contributed by atoms with Gasteiger partial charge >= 0.3 is 0 Å². The fourth-order valence-corrected chi connectivity index (χ4v) is 1.17. The lowest BCUT2D eigenvalue weighted by molar-refractivity contribution is 0.625. The first-order valence-corrected chi connectivity index (χ1v) is 4.75. The van der Waals surface area contributed by atoms with Gasteiger partial charge in [-0.1, -0.05) is 25.4 Å². The predicted molar refractivity (Wildman–Crippen MR) is 55.5 cm³/mol. The molecule has 0 spiro atoms. The first-order chi connectivity index (χ1) is 6.22. The number of hydrogen-bond acceptors (Lipinski definition) is 1. The summed E-state index contributed by atoms with van der Waals surface area (Å²) in [7, 11) is 0. The molecule has 0 radical (unpaired) electrons. The van der Waals surface area contributed by atoms with Crippen molar-refractivity contribution in [3.05, 3.63) is 34.6 Å². The Balaban J connectivity index is 0.000000671. The molecule has 74 valence electrons. The van der Waals surface area contributed by atoms with Crippen molar-refractivity contribution in [2.75, 3.05) is 6.54 Å². The molecule has 0 saturated carbocycles. The highest BCUT2D eigenvalue weighted by Crippen LogP contribution is 2.13. The highest BCUT2D eigenvalue weighted by Gasteiger charge is 1.97. The van der Waals surface area contributed by atoms with Crippen molar-refractivity contribution in [3.8, 4) is 0 Å². The SMILES string of the molecule is CC.NCCc1cc(F)cc(Cl)c1. The van der Waals surface area contributed by atoms with E-state index < -0.39 is 0 Å². The normalized spacial score (nSPS) is 9.00. The summed E-state index contributed by atoms with van der Waals surface area (Å²) in [5.41, 5.74) is 6.14. The summed E-state index contributed by atoms with van der Waals surface area (Å²) < 4.78 is 12.6. The van der Waals surface area contributed by atoms with Gasteiger partial charge in [0.2, 0.25) is 0 Å². The lowest BCUT2D eigenvalue weighted by Crippen LogP contribution is -2.02. The maximum atomic E-state index is 12.6. The molecule has 1 aromatic carbocycles. The molecule has 0 heterocycles. The lowest BCUT2D eigenvalue weighted by atomic mass is 10.1. The Kier molecular flexibility index (Phi) is 6.55. The Morgan fingerprint density at radius 2 is 1.92 bits per heavy atom. The Morgan fingerprint density at radius 3 is 2.38 bits per heavy atom. The topological polar surface area (TPSA) is 26.0 Å². The van der Waals surface area contributed by atoms with Crippen molar-refractivity contribution >= 4 is 11.6 Å². The molecule has 0 aromatic heterocycles. The molecule has 1 rings (SSSR count). The molecule has 0 saturated heterocycles. The quantitative estimate of drug-likeness (QED) is 0.786. The van der Waals surface area contributed by atoms with E-state index >= 15 is 0 Å². The van der Waals surface area contributed by atoms with Crippen LogP contribution in [0.1, 0.15) is 19.4 Å². The van der Waals surface area contributed by atoms with Crippen LogP contribution in [0.25, 0.3) is 0 Å². The van der Waals surface area contributed by atoms with Gasteiger partial charge in [-0.05, 0) is 36.7 Å². The molecule has 0 atom stereocenters. The smallest absolute Gasteiger partial charge is 0.124 e.